The van der Waals surface area contributed by atoms with Gasteiger partial charge in [0, 0.05) is 35.8 Å². The van der Waals surface area contributed by atoms with Gasteiger partial charge < -0.3 is 19.5 Å². The molecule has 2 aliphatic rings. The number of aryl methyl sites for hydroxylation is 1. The van der Waals surface area contributed by atoms with E-state index >= 15 is 0 Å². The van der Waals surface area contributed by atoms with Crippen LogP contribution in [0.25, 0.3) is 10.9 Å². The van der Waals surface area contributed by atoms with Crippen molar-refractivity contribution in [1.29, 1.82) is 0 Å². The molecule has 182 valence electrons. The minimum atomic E-state index is -0.575. The molecule has 1 aliphatic carbocycles. The van der Waals surface area contributed by atoms with Gasteiger partial charge in [-0.15, -0.1) is 0 Å². The number of aromatic nitrogens is 3. The minimum absolute atomic E-state index is 0.0377. The lowest BCUT2D eigenvalue weighted by atomic mass is 10.0. The number of amides is 2. The standard InChI is InChI=1S/C25H26BrN5O4/c1-3-35-24(34)22-28-20(13-30(22)2)29-23(33)19-11-25(6-7-25)14-31(19)21(32)9-15-4-5-18-16(8-15)10-17(26)12-27-18/h4-5,8,10,12-13,19H,3,6-7,9,11,14H2,1-2H3,(H,29,33)/t19-/m1/s1. The zero-order valence-corrected chi connectivity index (χ0v) is 21.2. The van der Waals surface area contributed by atoms with Crippen molar-refractivity contribution in [2.75, 3.05) is 18.5 Å². The fourth-order valence-corrected chi connectivity index (χ4v) is 5.10. The number of esters is 1. The highest BCUT2D eigenvalue weighted by Crippen LogP contribution is 2.55. The van der Waals surface area contributed by atoms with Gasteiger partial charge in [-0.1, -0.05) is 6.07 Å². The summed E-state index contributed by atoms with van der Waals surface area (Å²) in [5.41, 5.74) is 1.77. The van der Waals surface area contributed by atoms with E-state index < -0.39 is 12.0 Å². The molecule has 0 radical (unpaired) electrons. The second-order valence-corrected chi connectivity index (χ2v) is 10.3. The largest absolute Gasteiger partial charge is 0.460 e. The fourth-order valence-electron chi connectivity index (χ4n) is 4.75. The summed E-state index contributed by atoms with van der Waals surface area (Å²) in [6.07, 6.45) is 6.20. The summed E-state index contributed by atoms with van der Waals surface area (Å²) in [7, 11) is 1.66. The molecule has 1 saturated heterocycles. The number of likely N-dealkylation sites (tertiary alicyclic amines) is 1. The Morgan fingerprint density at radius 2 is 2.06 bits per heavy atom. The lowest BCUT2D eigenvalue weighted by Gasteiger charge is -2.24. The number of rotatable bonds is 6. The van der Waals surface area contributed by atoms with E-state index in [1.165, 1.54) is 4.57 Å². The van der Waals surface area contributed by atoms with Crippen molar-refractivity contribution in [3.63, 3.8) is 0 Å². The van der Waals surface area contributed by atoms with E-state index in [1.807, 2.05) is 24.3 Å². The number of ether oxygens (including phenoxy) is 1. The summed E-state index contributed by atoms with van der Waals surface area (Å²) in [6.45, 7) is 2.54. The van der Waals surface area contributed by atoms with Crippen molar-refractivity contribution in [3.8, 4) is 0 Å². The number of hydrogen-bond acceptors (Lipinski definition) is 6. The maximum atomic E-state index is 13.4. The molecule has 2 aromatic heterocycles. The van der Waals surface area contributed by atoms with E-state index in [9.17, 15) is 14.4 Å². The third-order valence-electron chi connectivity index (χ3n) is 6.74. The molecule has 10 heteroatoms. The van der Waals surface area contributed by atoms with Gasteiger partial charge >= 0.3 is 5.97 Å². The first-order chi connectivity index (χ1) is 16.8. The molecule has 1 aromatic carbocycles. The van der Waals surface area contributed by atoms with Crippen molar-refractivity contribution in [2.24, 2.45) is 12.5 Å². The molecule has 1 aliphatic heterocycles. The lowest BCUT2D eigenvalue weighted by Crippen LogP contribution is -2.44. The summed E-state index contributed by atoms with van der Waals surface area (Å²) >= 11 is 3.44. The maximum Gasteiger partial charge on any atom is 0.374 e. The number of anilines is 1. The Bertz CT molecular complexity index is 1330. The molecule has 2 fully saturated rings. The van der Waals surface area contributed by atoms with Crippen LogP contribution in [0.3, 0.4) is 0 Å². The van der Waals surface area contributed by atoms with E-state index in [0.29, 0.717) is 13.0 Å². The third-order valence-corrected chi connectivity index (χ3v) is 7.18. The Kier molecular flexibility index (Phi) is 6.08. The monoisotopic (exact) mass is 539 g/mol. The SMILES string of the molecule is CCOC(=O)c1nc(NC(=O)[C@H]2CC3(CC3)CN2C(=O)Cc2ccc3ncc(Br)cc3c2)cn1C. The van der Waals surface area contributed by atoms with Gasteiger partial charge in [0.1, 0.15) is 6.04 Å². The normalized spacial score (nSPS) is 18.1. The second-order valence-electron chi connectivity index (χ2n) is 9.37. The number of imidazole rings is 1. The summed E-state index contributed by atoms with van der Waals surface area (Å²) in [4.78, 5) is 49.0. The van der Waals surface area contributed by atoms with Crippen LogP contribution < -0.4 is 5.32 Å². The van der Waals surface area contributed by atoms with E-state index in [0.717, 1.165) is 33.8 Å². The molecule has 3 aromatic rings. The van der Waals surface area contributed by atoms with Crippen LogP contribution in [-0.2, 0) is 27.8 Å². The molecule has 1 N–H and O–H groups in total. The van der Waals surface area contributed by atoms with Gasteiger partial charge in [-0.2, -0.15) is 0 Å². The quantitative estimate of drug-likeness (QED) is 0.480. The first kappa shape index (κ1) is 23.5. The average molecular weight is 540 g/mol. The number of hydrogen-bond donors (Lipinski definition) is 1. The van der Waals surface area contributed by atoms with Crippen LogP contribution >= 0.6 is 15.9 Å². The van der Waals surface area contributed by atoms with Crippen LogP contribution in [-0.4, -0.2) is 56.4 Å². The predicted octanol–water partition coefficient (Wildman–Crippen LogP) is 3.47. The highest BCUT2D eigenvalue weighted by Gasteiger charge is 2.55. The molecule has 35 heavy (non-hydrogen) atoms. The maximum absolute atomic E-state index is 13.4. The lowest BCUT2D eigenvalue weighted by molar-refractivity contribution is -0.136. The van der Waals surface area contributed by atoms with Crippen molar-refractivity contribution in [3.05, 3.63) is 52.5 Å². The topological polar surface area (TPSA) is 106 Å². The predicted molar refractivity (Wildman–Crippen MR) is 133 cm³/mol. The van der Waals surface area contributed by atoms with Crippen molar-refractivity contribution in [1.82, 2.24) is 19.4 Å². The number of carbonyl (C=O) groups is 3. The summed E-state index contributed by atoms with van der Waals surface area (Å²) in [5.74, 6) is -0.552. The Labute approximate surface area is 211 Å². The molecule has 1 spiro atoms. The molecule has 1 saturated carbocycles. The average Bonchev–Trinajstić information content (AvgIpc) is 3.30. The van der Waals surface area contributed by atoms with Gasteiger partial charge in [-0.05, 0) is 71.3 Å². The summed E-state index contributed by atoms with van der Waals surface area (Å²) < 4.78 is 7.40. The molecule has 5 rings (SSSR count). The molecular formula is C25H26BrN5O4. The number of nitrogens with one attached hydrogen (secondary N) is 1. The van der Waals surface area contributed by atoms with Crippen molar-refractivity contribution >= 4 is 50.4 Å². The first-order valence-electron chi connectivity index (χ1n) is 11.6. The first-order valence-corrected chi connectivity index (χ1v) is 12.4. The summed E-state index contributed by atoms with van der Waals surface area (Å²) in [5, 5.41) is 3.75. The Morgan fingerprint density at radius 3 is 2.80 bits per heavy atom. The van der Waals surface area contributed by atoms with Gasteiger partial charge in [-0.3, -0.25) is 14.6 Å². The smallest absolute Gasteiger partial charge is 0.374 e. The highest BCUT2D eigenvalue weighted by molar-refractivity contribution is 9.10. The Balaban J connectivity index is 1.31. The van der Waals surface area contributed by atoms with Gasteiger partial charge in [0.25, 0.3) is 0 Å². The van der Waals surface area contributed by atoms with Gasteiger partial charge in [0.05, 0.1) is 18.5 Å². The molecule has 1 atom stereocenters. The number of fused-ring (bicyclic) bond motifs is 1. The summed E-state index contributed by atoms with van der Waals surface area (Å²) in [6, 6.07) is 7.18. The van der Waals surface area contributed by atoms with Crippen LogP contribution in [0.4, 0.5) is 5.82 Å². The van der Waals surface area contributed by atoms with Crippen LogP contribution in [0.1, 0.15) is 42.4 Å². The molecular weight excluding hydrogens is 514 g/mol. The van der Waals surface area contributed by atoms with Crippen LogP contribution in [0, 0.1) is 5.41 Å². The van der Waals surface area contributed by atoms with Crippen LogP contribution in [0.2, 0.25) is 0 Å². The third kappa shape index (κ3) is 4.80. The van der Waals surface area contributed by atoms with E-state index in [2.05, 4.69) is 31.2 Å². The molecule has 3 heterocycles. The van der Waals surface area contributed by atoms with Crippen LogP contribution in [0.5, 0.6) is 0 Å². The molecule has 0 bridgehead atoms. The van der Waals surface area contributed by atoms with Crippen LogP contribution in [0.15, 0.2) is 41.1 Å². The van der Waals surface area contributed by atoms with Crippen molar-refractivity contribution < 1.29 is 19.1 Å². The highest BCUT2D eigenvalue weighted by atomic mass is 79.9. The van der Waals surface area contributed by atoms with Gasteiger partial charge in [0.2, 0.25) is 17.6 Å². The van der Waals surface area contributed by atoms with Gasteiger partial charge in [-0.25, -0.2) is 9.78 Å². The minimum Gasteiger partial charge on any atom is -0.460 e. The zero-order chi connectivity index (χ0) is 24.7. The fraction of sp³-hybridized carbons (Fsp3) is 0.400. The number of carbonyl (C=O) groups excluding carboxylic acids is 3. The molecule has 9 nitrogen and oxygen atoms in total. The number of benzene rings is 1. The number of nitrogens with zero attached hydrogens (tertiary/aromatic N) is 4. The second kappa shape index (κ2) is 9.07. The van der Waals surface area contributed by atoms with E-state index in [4.69, 9.17) is 4.74 Å². The Hall–Kier alpha value is -3.27. The molecule has 0 unspecified atom stereocenters. The van der Waals surface area contributed by atoms with Gasteiger partial charge in [0.15, 0.2) is 5.82 Å². The van der Waals surface area contributed by atoms with E-state index in [-0.39, 0.29) is 41.9 Å². The zero-order valence-electron chi connectivity index (χ0n) is 19.6. The van der Waals surface area contributed by atoms with Crippen molar-refractivity contribution in [2.45, 2.75) is 38.6 Å². The molecule has 2 amide bonds. The number of halogens is 1. The van der Waals surface area contributed by atoms with E-state index in [1.54, 1.807) is 31.3 Å². The Morgan fingerprint density at radius 1 is 1.26 bits per heavy atom. The number of pyridine rings is 1.